The van der Waals surface area contributed by atoms with Crippen molar-refractivity contribution in [1.29, 1.82) is 0 Å². The van der Waals surface area contributed by atoms with Crippen molar-refractivity contribution in [2.24, 2.45) is 0 Å². The van der Waals surface area contributed by atoms with Crippen LogP contribution in [0.5, 0.6) is 5.75 Å². The number of rotatable bonds is 4. The number of para-hydroxylation sites is 1. The van der Waals surface area contributed by atoms with Gasteiger partial charge in [-0.25, -0.2) is 0 Å². The molecule has 1 atom stereocenters. The van der Waals surface area contributed by atoms with Gasteiger partial charge in [-0.05, 0) is 11.0 Å². The summed E-state index contributed by atoms with van der Waals surface area (Å²) in [6, 6.07) is 7.37. The Balaban J connectivity index is 1.66. The molecule has 114 valence electrons. The van der Waals surface area contributed by atoms with Crippen molar-refractivity contribution in [1.82, 2.24) is 20.1 Å². The van der Waals surface area contributed by atoms with Gasteiger partial charge in [0.1, 0.15) is 12.3 Å². The summed E-state index contributed by atoms with van der Waals surface area (Å²) in [5, 5.41) is 17.0. The molecule has 3 rings (SSSR count). The lowest BCUT2D eigenvalue weighted by Crippen LogP contribution is -2.34. The Labute approximate surface area is 125 Å². The number of nitrogens with zero attached hydrogens (tertiary/aromatic N) is 4. The van der Waals surface area contributed by atoms with E-state index in [1.807, 2.05) is 24.3 Å². The number of benzene rings is 1. The molecule has 2 heterocycles. The molecule has 1 N–H and O–H groups in total. The van der Waals surface area contributed by atoms with E-state index in [-0.39, 0.29) is 18.5 Å². The zero-order valence-corrected chi connectivity index (χ0v) is 11.5. The first-order valence-corrected chi connectivity index (χ1v) is 6.68. The number of fused-ring (bicyclic) bond motifs is 1. The second-order valence-corrected chi connectivity index (χ2v) is 4.79. The molecule has 1 aromatic carbocycles. The molecule has 2 aromatic rings. The van der Waals surface area contributed by atoms with Crippen LogP contribution in [0.4, 0.5) is 5.95 Å². The maximum atomic E-state index is 12.1. The predicted molar refractivity (Wildman–Crippen MR) is 74.1 cm³/mol. The van der Waals surface area contributed by atoms with Crippen molar-refractivity contribution in [3.63, 3.8) is 0 Å². The quantitative estimate of drug-likeness (QED) is 0.661. The van der Waals surface area contributed by atoms with Gasteiger partial charge in [0.2, 0.25) is 12.2 Å². The molecule has 0 saturated heterocycles. The maximum absolute atomic E-state index is 12.1. The molecule has 0 aliphatic carbocycles. The summed E-state index contributed by atoms with van der Waals surface area (Å²) in [6.07, 6.45) is 1.83. The van der Waals surface area contributed by atoms with Gasteiger partial charge in [0, 0.05) is 17.1 Å². The number of hydrogen-bond acceptors (Lipinski definition) is 6. The number of aromatic nitrogens is 3. The standard InChI is InChI=1S/C13H13N5O4/c19-12(7-17-8-14-13(16-17)18(20)21)15-10-5-6-22-11-4-2-1-3-9(10)11/h1-4,8,10H,5-7H2,(H,15,19). The van der Waals surface area contributed by atoms with Gasteiger partial charge >= 0.3 is 5.95 Å². The minimum Gasteiger partial charge on any atom is -0.493 e. The monoisotopic (exact) mass is 303 g/mol. The van der Waals surface area contributed by atoms with E-state index >= 15 is 0 Å². The molecule has 1 unspecified atom stereocenters. The lowest BCUT2D eigenvalue weighted by Gasteiger charge is -2.26. The van der Waals surface area contributed by atoms with Gasteiger partial charge in [0.05, 0.1) is 12.6 Å². The lowest BCUT2D eigenvalue weighted by atomic mass is 10.0. The molecular weight excluding hydrogens is 290 g/mol. The molecule has 0 saturated carbocycles. The molecule has 1 amide bonds. The van der Waals surface area contributed by atoms with Crippen molar-refractivity contribution in [3.8, 4) is 5.75 Å². The minimum atomic E-state index is -0.705. The highest BCUT2D eigenvalue weighted by Gasteiger charge is 2.23. The number of amides is 1. The maximum Gasteiger partial charge on any atom is 0.490 e. The van der Waals surface area contributed by atoms with Crippen LogP contribution in [0.15, 0.2) is 30.6 Å². The fraction of sp³-hybridized carbons (Fsp3) is 0.308. The average Bonchev–Trinajstić information content (AvgIpc) is 2.96. The summed E-state index contributed by atoms with van der Waals surface area (Å²) in [5.41, 5.74) is 0.923. The highest BCUT2D eigenvalue weighted by Crippen LogP contribution is 2.31. The molecule has 0 fully saturated rings. The van der Waals surface area contributed by atoms with Crippen molar-refractivity contribution < 1.29 is 14.5 Å². The topological polar surface area (TPSA) is 112 Å². The molecule has 1 aliphatic heterocycles. The van der Waals surface area contributed by atoms with Crippen LogP contribution in [-0.2, 0) is 11.3 Å². The Morgan fingerprint density at radius 3 is 3.09 bits per heavy atom. The van der Waals surface area contributed by atoms with Gasteiger partial charge in [-0.3, -0.25) is 4.79 Å². The molecule has 22 heavy (non-hydrogen) atoms. The highest BCUT2D eigenvalue weighted by atomic mass is 16.6. The summed E-state index contributed by atoms with van der Waals surface area (Å²) in [7, 11) is 0. The van der Waals surface area contributed by atoms with Gasteiger partial charge in [-0.2, -0.15) is 4.68 Å². The molecule has 1 aliphatic rings. The molecule has 0 bridgehead atoms. The third kappa shape index (κ3) is 2.87. The van der Waals surface area contributed by atoms with E-state index in [9.17, 15) is 14.9 Å². The molecule has 0 spiro atoms. The first-order valence-electron chi connectivity index (χ1n) is 6.68. The number of hydrogen-bond donors (Lipinski definition) is 1. The number of carbonyl (C=O) groups excluding carboxylic acids is 1. The smallest absolute Gasteiger partial charge is 0.490 e. The van der Waals surface area contributed by atoms with Crippen LogP contribution in [0.25, 0.3) is 0 Å². The van der Waals surface area contributed by atoms with Crippen LogP contribution in [-0.4, -0.2) is 32.2 Å². The normalized spacial score (nSPS) is 16.5. The average molecular weight is 303 g/mol. The summed E-state index contributed by atoms with van der Waals surface area (Å²) in [6.45, 7) is 0.400. The van der Waals surface area contributed by atoms with Gasteiger partial charge in [0.15, 0.2) is 0 Å². The fourth-order valence-corrected chi connectivity index (χ4v) is 2.32. The molecular formula is C13H13N5O4. The Bertz CT molecular complexity index is 714. The first kappa shape index (κ1) is 14.0. The minimum absolute atomic E-state index is 0.125. The fourth-order valence-electron chi connectivity index (χ4n) is 2.32. The Morgan fingerprint density at radius 1 is 1.50 bits per heavy atom. The van der Waals surface area contributed by atoms with Crippen LogP contribution in [0.1, 0.15) is 18.0 Å². The number of carbonyl (C=O) groups is 1. The van der Waals surface area contributed by atoms with Crippen LogP contribution >= 0.6 is 0 Å². The third-order valence-electron chi connectivity index (χ3n) is 3.29. The molecule has 9 heteroatoms. The first-order chi connectivity index (χ1) is 10.6. The Kier molecular flexibility index (Phi) is 3.69. The predicted octanol–water partition coefficient (Wildman–Crippen LogP) is 0.826. The van der Waals surface area contributed by atoms with Gasteiger partial charge in [-0.1, -0.05) is 23.2 Å². The number of nitro groups is 1. The van der Waals surface area contributed by atoms with E-state index in [2.05, 4.69) is 15.4 Å². The second kappa shape index (κ2) is 5.80. The van der Waals surface area contributed by atoms with Gasteiger partial charge < -0.3 is 20.2 Å². The Morgan fingerprint density at radius 2 is 2.32 bits per heavy atom. The van der Waals surface area contributed by atoms with Crippen LogP contribution < -0.4 is 10.1 Å². The number of ether oxygens (including phenoxy) is 1. The zero-order valence-electron chi connectivity index (χ0n) is 11.5. The van der Waals surface area contributed by atoms with Crippen molar-refractivity contribution >= 4 is 11.9 Å². The van der Waals surface area contributed by atoms with E-state index < -0.39 is 10.9 Å². The summed E-state index contributed by atoms with van der Waals surface area (Å²) >= 11 is 0. The van der Waals surface area contributed by atoms with Gasteiger partial charge in [0.25, 0.3) is 0 Å². The van der Waals surface area contributed by atoms with E-state index in [1.165, 1.54) is 0 Å². The lowest BCUT2D eigenvalue weighted by molar-refractivity contribution is -0.394. The summed E-state index contributed by atoms with van der Waals surface area (Å²) < 4.78 is 6.67. The van der Waals surface area contributed by atoms with Crippen molar-refractivity contribution in [3.05, 3.63) is 46.3 Å². The van der Waals surface area contributed by atoms with Crippen LogP contribution in [0.2, 0.25) is 0 Å². The molecule has 1 aromatic heterocycles. The van der Waals surface area contributed by atoms with Gasteiger partial charge in [-0.15, -0.1) is 0 Å². The molecule has 9 nitrogen and oxygen atoms in total. The van der Waals surface area contributed by atoms with E-state index in [0.29, 0.717) is 13.0 Å². The summed E-state index contributed by atoms with van der Waals surface area (Å²) in [5.74, 6) is -0.0545. The van der Waals surface area contributed by atoms with Crippen LogP contribution in [0.3, 0.4) is 0 Å². The van der Waals surface area contributed by atoms with E-state index in [4.69, 9.17) is 4.74 Å². The van der Waals surface area contributed by atoms with Crippen molar-refractivity contribution in [2.45, 2.75) is 19.0 Å². The van der Waals surface area contributed by atoms with Crippen LogP contribution in [0, 0.1) is 10.1 Å². The van der Waals surface area contributed by atoms with E-state index in [0.717, 1.165) is 22.3 Å². The SMILES string of the molecule is O=C(Cn1cnc([N+](=O)[O-])n1)NC1CCOc2ccccc21. The Hall–Kier alpha value is -2.97. The largest absolute Gasteiger partial charge is 0.493 e. The zero-order chi connectivity index (χ0) is 15.5. The van der Waals surface area contributed by atoms with Crippen molar-refractivity contribution in [2.75, 3.05) is 6.61 Å². The number of nitrogens with one attached hydrogen (secondary N) is 1. The van der Waals surface area contributed by atoms with E-state index in [1.54, 1.807) is 0 Å². The summed E-state index contributed by atoms with van der Waals surface area (Å²) in [4.78, 5) is 25.4. The third-order valence-corrected chi connectivity index (χ3v) is 3.29. The highest BCUT2D eigenvalue weighted by molar-refractivity contribution is 5.76. The second-order valence-electron chi connectivity index (χ2n) is 4.79. The molecule has 0 radical (unpaired) electrons.